The Morgan fingerprint density at radius 1 is 1.12 bits per heavy atom. The van der Waals surface area contributed by atoms with Crippen molar-refractivity contribution in [1.82, 2.24) is 5.32 Å². The maximum absolute atomic E-state index is 12.6. The molecule has 0 bridgehead atoms. The first-order valence-corrected chi connectivity index (χ1v) is 11.7. The predicted molar refractivity (Wildman–Crippen MR) is 130 cm³/mol. The van der Waals surface area contributed by atoms with Gasteiger partial charge in [0.15, 0.2) is 5.78 Å². The maximum Gasteiger partial charge on any atom is 0.408 e. The lowest BCUT2D eigenvalue weighted by atomic mass is 10.00. The highest BCUT2D eigenvalue weighted by molar-refractivity contribution is 6.09. The van der Waals surface area contributed by atoms with Crippen molar-refractivity contribution in [3.63, 3.8) is 0 Å². The van der Waals surface area contributed by atoms with Gasteiger partial charge >= 0.3 is 11.7 Å². The number of carbonyl (C=O) groups is 2. The van der Waals surface area contributed by atoms with Crippen LogP contribution in [0.5, 0.6) is 5.75 Å². The van der Waals surface area contributed by atoms with Crippen LogP contribution in [0.3, 0.4) is 0 Å². The van der Waals surface area contributed by atoms with Crippen LogP contribution in [-0.4, -0.2) is 22.1 Å². The molecule has 7 nitrogen and oxygen atoms in total. The van der Waals surface area contributed by atoms with E-state index in [-0.39, 0.29) is 17.2 Å². The molecule has 1 amide bonds. The average Bonchev–Trinajstić information content (AvgIpc) is 2.76. The second kappa shape index (κ2) is 15.7. The maximum atomic E-state index is 12.6. The number of carbonyl (C=O) groups excluding carboxylic acids is 1. The van der Waals surface area contributed by atoms with Crippen molar-refractivity contribution >= 4 is 11.9 Å². The van der Waals surface area contributed by atoms with E-state index < -0.39 is 23.3 Å². The molecule has 0 saturated heterocycles. The van der Waals surface area contributed by atoms with Gasteiger partial charge in [-0.3, -0.25) is 10.1 Å². The van der Waals surface area contributed by atoms with Crippen molar-refractivity contribution in [2.24, 2.45) is 0 Å². The third kappa shape index (κ3) is 10.9. The van der Waals surface area contributed by atoms with Crippen LogP contribution in [0.1, 0.15) is 101 Å². The average molecular weight is 460 g/mol. The summed E-state index contributed by atoms with van der Waals surface area (Å²) in [5, 5.41) is 21.0. The van der Waals surface area contributed by atoms with Gasteiger partial charge in [-0.1, -0.05) is 70.3 Å². The number of hydrogen-bond donors (Lipinski definition) is 3. The number of amides is 1. The van der Waals surface area contributed by atoms with Crippen LogP contribution >= 0.6 is 0 Å². The van der Waals surface area contributed by atoms with E-state index in [4.69, 9.17) is 9.52 Å². The van der Waals surface area contributed by atoms with Gasteiger partial charge in [0.1, 0.15) is 17.1 Å². The minimum atomic E-state index is -1.15. The Bertz CT molecular complexity index is 910. The number of aromatic hydroxyl groups is 1. The fourth-order valence-corrected chi connectivity index (χ4v) is 3.28. The summed E-state index contributed by atoms with van der Waals surface area (Å²) in [6.45, 7) is 5.62. The smallest absolute Gasteiger partial charge is 0.408 e. The van der Waals surface area contributed by atoms with Gasteiger partial charge in [0, 0.05) is 18.2 Å². The number of ketones is 1. The molecular weight excluding hydrogens is 422 g/mol. The van der Waals surface area contributed by atoms with Crippen LogP contribution in [0, 0.1) is 0 Å². The van der Waals surface area contributed by atoms with Crippen molar-refractivity contribution in [3.8, 4) is 5.75 Å². The summed E-state index contributed by atoms with van der Waals surface area (Å²) in [5.41, 5.74) is -0.892. The SMILES string of the molecule is CCCCCCCCC=CC=C(C)C(=O)c1c(O)cc(C(C)CCC=CNC(=O)O)oc1=O. The minimum absolute atomic E-state index is 0.205. The number of unbranched alkanes of at least 4 members (excludes halogenated alkanes) is 6. The first kappa shape index (κ1) is 27.9. The number of allylic oxidation sites excluding steroid dienone is 5. The first-order valence-electron chi connectivity index (χ1n) is 11.7. The standard InChI is InChI=1S/C26H37NO6/c1-4-5-6-7-8-9-10-11-12-16-20(3)24(29)23-21(28)18-22(33-25(23)30)19(2)15-13-14-17-27-26(31)32/h11-12,14,16-19,27-28H,4-10,13,15H2,1-3H3,(H,31,32). The summed E-state index contributed by atoms with van der Waals surface area (Å²) in [5.74, 6) is -0.893. The second-order valence-electron chi connectivity index (χ2n) is 8.19. The van der Waals surface area contributed by atoms with E-state index in [2.05, 4.69) is 12.2 Å². The van der Waals surface area contributed by atoms with Gasteiger partial charge in [0.05, 0.1) is 0 Å². The van der Waals surface area contributed by atoms with Gasteiger partial charge in [-0.2, -0.15) is 0 Å². The van der Waals surface area contributed by atoms with Crippen molar-refractivity contribution in [2.45, 2.75) is 84.5 Å². The van der Waals surface area contributed by atoms with Gasteiger partial charge < -0.3 is 14.6 Å². The van der Waals surface area contributed by atoms with Crippen molar-refractivity contribution in [3.05, 3.63) is 63.9 Å². The van der Waals surface area contributed by atoms with E-state index in [1.54, 1.807) is 25.2 Å². The summed E-state index contributed by atoms with van der Waals surface area (Å²) in [6, 6.07) is 1.31. The van der Waals surface area contributed by atoms with Crippen LogP contribution in [0.25, 0.3) is 0 Å². The molecule has 1 atom stereocenters. The molecule has 1 unspecified atom stereocenters. The van der Waals surface area contributed by atoms with E-state index in [1.165, 1.54) is 44.4 Å². The third-order valence-corrected chi connectivity index (χ3v) is 5.32. The Hall–Kier alpha value is -3.09. The van der Waals surface area contributed by atoms with Crippen LogP contribution in [0.2, 0.25) is 0 Å². The fraction of sp³-hybridized carbons (Fsp3) is 0.500. The summed E-state index contributed by atoms with van der Waals surface area (Å²) < 4.78 is 5.30. The molecule has 0 saturated carbocycles. The summed E-state index contributed by atoms with van der Waals surface area (Å²) >= 11 is 0. The van der Waals surface area contributed by atoms with Crippen molar-refractivity contribution in [2.75, 3.05) is 0 Å². The molecule has 0 aliphatic carbocycles. The summed E-state index contributed by atoms with van der Waals surface area (Å²) in [4.78, 5) is 35.4. The molecular formula is C26H37NO6. The largest absolute Gasteiger partial charge is 0.507 e. The summed E-state index contributed by atoms with van der Waals surface area (Å²) in [7, 11) is 0. The number of nitrogens with one attached hydrogen (secondary N) is 1. The van der Waals surface area contributed by atoms with E-state index >= 15 is 0 Å². The summed E-state index contributed by atoms with van der Waals surface area (Å²) in [6.07, 6.45) is 16.7. The van der Waals surface area contributed by atoms with Crippen molar-refractivity contribution in [1.29, 1.82) is 0 Å². The Balaban J connectivity index is 2.67. The zero-order valence-corrected chi connectivity index (χ0v) is 19.9. The highest BCUT2D eigenvalue weighted by Gasteiger charge is 2.21. The molecule has 1 aromatic heterocycles. The quantitative estimate of drug-likeness (QED) is 0.120. The molecule has 1 rings (SSSR count). The Morgan fingerprint density at radius 3 is 2.48 bits per heavy atom. The number of Topliss-reactive ketones (excluding diaryl/α,β-unsaturated/α-hetero) is 1. The molecule has 7 heteroatoms. The van der Waals surface area contributed by atoms with Crippen LogP contribution in [0.15, 0.2) is 51.4 Å². The number of carboxylic acid groups (broad SMARTS) is 1. The molecule has 1 heterocycles. The van der Waals surface area contributed by atoms with Gasteiger partial charge in [-0.15, -0.1) is 0 Å². The van der Waals surface area contributed by atoms with Gasteiger partial charge in [-0.05, 0) is 38.2 Å². The lowest BCUT2D eigenvalue weighted by Gasteiger charge is -2.11. The van der Waals surface area contributed by atoms with E-state index in [1.807, 2.05) is 13.0 Å². The highest BCUT2D eigenvalue weighted by Crippen LogP contribution is 2.25. The van der Waals surface area contributed by atoms with Crippen LogP contribution in [0.4, 0.5) is 4.79 Å². The molecule has 0 radical (unpaired) electrons. The number of hydrogen-bond acceptors (Lipinski definition) is 5. The Labute approximate surface area is 195 Å². The lowest BCUT2D eigenvalue weighted by molar-refractivity contribution is 0.102. The van der Waals surface area contributed by atoms with E-state index in [9.17, 15) is 19.5 Å². The molecule has 182 valence electrons. The number of rotatable bonds is 15. The monoisotopic (exact) mass is 459 g/mol. The molecule has 0 aliphatic heterocycles. The molecule has 1 aromatic rings. The third-order valence-electron chi connectivity index (χ3n) is 5.32. The Morgan fingerprint density at radius 2 is 1.82 bits per heavy atom. The lowest BCUT2D eigenvalue weighted by Crippen LogP contribution is -2.16. The second-order valence-corrected chi connectivity index (χ2v) is 8.19. The van der Waals surface area contributed by atoms with Gasteiger partial charge in [0.2, 0.25) is 0 Å². The molecule has 0 fully saturated rings. The molecule has 3 N–H and O–H groups in total. The molecule has 0 aromatic carbocycles. The first-order chi connectivity index (χ1) is 15.8. The van der Waals surface area contributed by atoms with Gasteiger partial charge in [-0.25, -0.2) is 9.59 Å². The molecule has 0 aliphatic rings. The molecule has 0 spiro atoms. The fourth-order valence-electron chi connectivity index (χ4n) is 3.28. The highest BCUT2D eigenvalue weighted by atomic mass is 16.4. The normalized spacial score (nSPS) is 13.0. The topological polar surface area (TPSA) is 117 Å². The Kier molecular flexibility index (Phi) is 13.3. The molecule has 33 heavy (non-hydrogen) atoms. The zero-order valence-electron chi connectivity index (χ0n) is 19.9. The zero-order chi connectivity index (χ0) is 24.6. The predicted octanol–water partition coefficient (Wildman–Crippen LogP) is 6.45. The van der Waals surface area contributed by atoms with E-state index in [0.29, 0.717) is 18.4 Å². The minimum Gasteiger partial charge on any atom is -0.507 e. The van der Waals surface area contributed by atoms with Crippen LogP contribution < -0.4 is 10.9 Å². The van der Waals surface area contributed by atoms with Gasteiger partial charge in [0.25, 0.3) is 0 Å². The van der Waals surface area contributed by atoms with E-state index in [0.717, 1.165) is 12.8 Å². The van der Waals surface area contributed by atoms with Crippen molar-refractivity contribution < 1.29 is 24.2 Å². The van der Waals surface area contributed by atoms with Crippen LogP contribution in [-0.2, 0) is 0 Å².